The van der Waals surface area contributed by atoms with Gasteiger partial charge >= 0.3 is 0 Å². The molecule has 2 heterocycles. The molecule has 18 heavy (non-hydrogen) atoms. The molecule has 0 bridgehead atoms. The zero-order chi connectivity index (χ0) is 12.5. The molecule has 3 unspecified atom stereocenters. The minimum Gasteiger partial charge on any atom is -0.338 e. The van der Waals surface area contributed by atoms with Gasteiger partial charge in [-0.05, 0) is 43.0 Å². The number of amides is 1. The monoisotopic (exact) mass is 264 g/mol. The van der Waals surface area contributed by atoms with Crippen molar-refractivity contribution in [2.45, 2.75) is 44.2 Å². The van der Waals surface area contributed by atoms with E-state index in [0.717, 1.165) is 23.8 Å². The van der Waals surface area contributed by atoms with Gasteiger partial charge in [0.1, 0.15) is 6.04 Å². The molecule has 4 heteroatoms. The van der Waals surface area contributed by atoms with Crippen LogP contribution in [0.1, 0.15) is 43.0 Å². The van der Waals surface area contributed by atoms with Crippen LogP contribution in [0.3, 0.4) is 0 Å². The number of nitrogens with zero attached hydrogens (tertiary/aromatic N) is 1. The topological polar surface area (TPSA) is 46.3 Å². The molecular formula is C14H20N2OS. The molecule has 3 rings (SSSR count). The van der Waals surface area contributed by atoms with Crippen LogP contribution in [0.25, 0.3) is 0 Å². The molecule has 0 radical (unpaired) electrons. The summed E-state index contributed by atoms with van der Waals surface area (Å²) in [7, 11) is 0. The lowest BCUT2D eigenvalue weighted by Crippen LogP contribution is -2.49. The van der Waals surface area contributed by atoms with Gasteiger partial charge in [-0.3, -0.25) is 4.79 Å². The fraction of sp³-hybridized carbons (Fsp3) is 0.643. The van der Waals surface area contributed by atoms with Gasteiger partial charge in [-0.1, -0.05) is 12.5 Å². The smallest absolute Gasteiger partial charge is 0.245 e. The zero-order valence-corrected chi connectivity index (χ0v) is 11.4. The Balaban J connectivity index is 1.75. The Morgan fingerprint density at radius 2 is 2.22 bits per heavy atom. The Morgan fingerprint density at radius 1 is 1.39 bits per heavy atom. The maximum absolute atomic E-state index is 12.5. The number of nitrogens with two attached hydrogens (primary N) is 1. The van der Waals surface area contributed by atoms with Gasteiger partial charge in [0.05, 0.1) is 0 Å². The summed E-state index contributed by atoms with van der Waals surface area (Å²) in [6.45, 7) is 0.902. The number of piperidine rings is 1. The first-order valence-electron chi connectivity index (χ1n) is 6.87. The largest absolute Gasteiger partial charge is 0.338 e. The maximum atomic E-state index is 12.5. The minimum atomic E-state index is -0.454. The van der Waals surface area contributed by atoms with E-state index in [0.29, 0.717) is 6.04 Å². The summed E-state index contributed by atoms with van der Waals surface area (Å²) in [5, 5.41) is 1.98. The third-order valence-electron chi connectivity index (χ3n) is 4.39. The van der Waals surface area contributed by atoms with Gasteiger partial charge in [0.25, 0.3) is 0 Å². The fourth-order valence-corrected chi connectivity index (χ4v) is 4.21. The van der Waals surface area contributed by atoms with Crippen LogP contribution < -0.4 is 5.73 Å². The third kappa shape index (κ3) is 2.08. The zero-order valence-electron chi connectivity index (χ0n) is 10.5. The number of fused-ring (bicyclic) bond motifs is 1. The van der Waals surface area contributed by atoms with Gasteiger partial charge in [0.15, 0.2) is 0 Å². The van der Waals surface area contributed by atoms with Crippen molar-refractivity contribution < 1.29 is 4.79 Å². The molecule has 1 saturated carbocycles. The van der Waals surface area contributed by atoms with Crippen LogP contribution in [0, 0.1) is 5.92 Å². The van der Waals surface area contributed by atoms with Crippen molar-refractivity contribution in [2.24, 2.45) is 11.7 Å². The standard InChI is InChI=1S/C14H20N2OS/c15-13(12-7-3-9-18-12)14(17)16-8-2-5-10-4-1-6-11(10)16/h3,7,9-11,13H,1-2,4-6,8,15H2. The van der Waals surface area contributed by atoms with Crippen LogP contribution in [0.4, 0.5) is 0 Å². The Morgan fingerprint density at radius 3 is 3.00 bits per heavy atom. The second-order valence-corrected chi connectivity index (χ2v) is 6.40. The number of hydrogen-bond acceptors (Lipinski definition) is 3. The number of hydrogen-bond donors (Lipinski definition) is 1. The van der Waals surface area contributed by atoms with Crippen molar-refractivity contribution in [3.63, 3.8) is 0 Å². The van der Waals surface area contributed by atoms with E-state index in [1.807, 2.05) is 17.5 Å². The van der Waals surface area contributed by atoms with Gasteiger partial charge < -0.3 is 10.6 Å². The lowest BCUT2D eigenvalue weighted by Gasteiger charge is -2.39. The first-order chi connectivity index (χ1) is 8.77. The third-order valence-corrected chi connectivity index (χ3v) is 5.35. The summed E-state index contributed by atoms with van der Waals surface area (Å²) < 4.78 is 0. The van der Waals surface area contributed by atoms with E-state index >= 15 is 0 Å². The highest BCUT2D eigenvalue weighted by Crippen LogP contribution is 2.37. The van der Waals surface area contributed by atoms with Crippen molar-refractivity contribution in [3.8, 4) is 0 Å². The van der Waals surface area contributed by atoms with Crippen LogP contribution in [-0.2, 0) is 4.79 Å². The molecule has 1 amide bonds. The summed E-state index contributed by atoms with van der Waals surface area (Å²) in [4.78, 5) is 15.6. The molecule has 0 spiro atoms. The van der Waals surface area contributed by atoms with Crippen molar-refractivity contribution in [1.82, 2.24) is 4.90 Å². The van der Waals surface area contributed by atoms with E-state index < -0.39 is 6.04 Å². The predicted molar refractivity (Wildman–Crippen MR) is 73.3 cm³/mol. The number of likely N-dealkylation sites (tertiary alicyclic amines) is 1. The fourth-order valence-electron chi connectivity index (χ4n) is 3.50. The second kappa shape index (κ2) is 5.02. The lowest BCUT2D eigenvalue weighted by molar-refractivity contribution is -0.137. The SMILES string of the molecule is NC(C(=O)N1CCCC2CCCC21)c1cccs1. The molecule has 3 atom stereocenters. The van der Waals surface area contributed by atoms with E-state index in [2.05, 4.69) is 4.90 Å². The number of carbonyl (C=O) groups excluding carboxylic acids is 1. The van der Waals surface area contributed by atoms with Crippen LogP contribution in [0.15, 0.2) is 17.5 Å². The van der Waals surface area contributed by atoms with Gasteiger partial charge in [-0.25, -0.2) is 0 Å². The van der Waals surface area contributed by atoms with E-state index in [1.165, 1.54) is 25.7 Å². The van der Waals surface area contributed by atoms with Crippen molar-refractivity contribution in [2.75, 3.05) is 6.54 Å². The summed E-state index contributed by atoms with van der Waals surface area (Å²) in [6, 6.07) is 3.94. The molecule has 1 aromatic rings. The van der Waals surface area contributed by atoms with Gasteiger partial charge in [-0.2, -0.15) is 0 Å². The number of carbonyl (C=O) groups is 1. The number of rotatable bonds is 2. The molecule has 2 fully saturated rings. The highest BCUT2D eigenvalue weighted by molar-refractivity contribution is 7.10. The van der Waals surface area contributed by atoms with E-state index in [1.54, 1.807) is 11.3 Å². The Kier molecular flexibility index (Phi) is 3.39. The van der Waals surface area contributed by atoms with Crippen LogP contribution in [0.5, 0.6) is 0 Å². The lowest BCUT2D eigenvalue weighted by atomic mass is 9.91. The first-order valence-corrected chi connectivity index (χ1v) is 7.75. The van der Waals surface area contributed by atoms with Crippen molar-refractivity contribution in [3.05, 3.63) is 22.4 Å². The van der Waals surface area contributed by atoms with Crippen LogP contribution in [-0.4, -0.2) is 23.4 Å². The van der Waals surface area contributed by atoms with Crippen LogP contribution in [0.2, 0.25) is 0 Å². The average molecular weight is 264 g/mol. The van der Waals surface area contributed by atoms with Gasteiger partial charge in [0, 0.05) is 17.5 Å². The Hall–Kier alpha value is -0.870. The highest BCUT2D eigenvalue weighted by Gasteiger charge is 2.38. The van der Waals surface area contributed by atoms with Crippen molar-refractivity contribution >= 4 is 17.2 Å². The summed E-state index contributed by atoms with van der Waals surface area (Å²) in [5.41, 5.74) is 6.12. The Bertz CT molecular complexity index is 417. The van der Waals surface area contributed by atoms with Crippen LogP contribution >= 0.6 is 11.3 Å². The molecule has 2 N–H and O–H groups in total. The molecule has 1 saturated heterocycles. The molecule has 98 valence electrons. The Labute approximate surface area is 112 Å². The number of thiophene rings is 1. The first kappa shape index (κ1) is 12.2. The molecule has 2 aliphatic rings. The molecule has 1 aromatic heterocycles. The average Bonchev–Trinajstić information content (AvgIpc) is 3.06. The van der Waals surface area contributed by atoms with Gasteiger partial charge in [0.2, 0.25) is 5.91 Å². The minimum absolute atomic E-state index is 0.133. The maximum Gasteiger partial charge on any atom is 0.245 e. The molecule has 1 aliphatic carbocycles. The van der Waals surface area contributed by atoms with Crippen molar-refractivity contribution in [1.29, 1.82) is 0 Å². The van der Waals surface area contributed by atoms with E-state index in [-0.39, 0.29) is 5.91 Å². The quantitative estimate of drug-likeness (QED) is 0.892. The predicted octanol–water partition coefficient (Wildman–Crippen LogP) is 2.54. The molecule has 3 nitrogen and oxygen atoms in total. The van der Waals surface area contributed by atoms with E-state index in [9.17, 15) is 4.79 Å². The second-order valence-electron chi connectivity index (χ2n) is 5.43. The van der Waals surface area contributed by atoms with E-state index in [4.69, 9.17) is 5.73 Å². The highest BCUT2D eigenvalue weighted by atomic mass is 32.1. The van der Waals surface area contributed by atoms with Gasteiger partial charge in [-0.15, -0.1) is 11.3 Å². The summed E-state index contributed by atoms with van der Waals surface area (Å²) in [5.74, 6) is 0.868. The molecule has 0 aromatic carbocycles. The molecular weight excluding hydrogens is 244 g/mol. The normalized spacial score (nSPS) is 29.1. The summed E-state index contributed by atoms with van der Waals surface area (Å²) >= 11 is 1.58. The summed E-state index contributed by atoms with van der Waals surface area (Å²) in [6.07, 6.45) is 6.18. The molecule has 1 aliphatic heterocycles.